The van der Waals surface area contributed by atoms with E-state index in [1.165, 1.54) is 6.08 Å². The number of carbonyl (C=O) groups excluding carboxylic acids is 1. The molecule has 0 aromatic heterocycles. The Morgan fingerprint density at radius 1 is 1.70 bits per heavy atom. The topological polar surface area (TPSA) is 79.2 Å². The van der Waals surface area contributed by atoms with Gasteiger partial charge in [0.2, 0.25) is 5.91 Å². The standard InChI is InChI=1S/C5H10N4O/c1-3-2-4(10)8-5(7-3)9-6/h2,5,7,9H,6H2,1H3,(H,8,10). The number of hydrogen-bond donors (Lipinski definition) is 4. The number of rotatable bonds is 1. The summed E-state index contributed by atoms with van der Waals surface area (Å²) in [4.78, 5) is 10.7. The van der Waals surface area contributed by atoms with Crippen LogP contribution in [0.2, 0.25) is 0 Å². The molecule has 5 nitrogen and oxygen atoms in total. The van der Waals surface area contributed by atoms with Gasteiger partial charge in [0.05, 0.1) is 0 Å². The average molecular weight is 142 g/mol. The van der Waals surface area contributed by atoms with Gasteiger partial charge >= 0.3 is 0 Å². The summed E-state index contributed by atoms with van der Waals surface area (Å²) in [5, 5.41) is 5.42. The number of carbonyl (C=O) groups is 1. The molecule has 1 amide bonds. The number of hydrogen-bond acceptors (Lipinski definition) is 4. The van der Waals surface area contributed by atoms with Crippen molar-refractivity contribution < 1.29 is 4.79 Å². The van der Waals surface area contributed by atoms with Gasteiger partial charge in [0.15, 0.2) is 6.29 Å². The van der Waals surface area contributed by atoms with Crippen LogP contribution in [0.4, 0.5) is 0 Å². The molecule has 1 rings (SSSR count). The highest BCUT2D eigenvalue weighted by Crippen LogP contribution is 1.92. The molecule has 0 aromatic rings. The third-order valence-corrected chi connectivity index (χ3v) is 1.17. The zero-order valence-corrected chi connectivity index (χ0v) is 5.64. The zero-order valence-electron chi connectivity index (χ0n) is 5.64. The lowest BCUT2D eigenvalue weighted by molar-refractivity contribution is -0.118. The number of nitrogens with two attached hydrogens (primary N) is 1. The molecule has 0 spiro atoms. The molecule has 0 aliphatic carbocycles. The van der Waals surface area contributed by atoms with Gasteiger partial charge < -0.3 is 10.6 Å². The first-order chi connectivity index (χ1) is 4.72. The summed E-state index contributed by atoms with van der Waals surface area (Å²) in [7, 11) is 0. The third kappa shape index (κ3) is 1.46. The maximum Gasteiger partial charge on any atom is 0.248 e. The molecule has 0 saturated heterocycles. The smallest absolute Gasteiger partial charge is 0.248 e. The van der Waals surface area contributed by atoms with Gasteiger partial charge in [-0.1, -0.05) is 0 Å². The summed E-state index contributed by atoms with van der Waals surface area (Å²) in [6.07, 6.45) is 1.12. The summed E-state index contributed by atoms with van der Waals surface area (Å²) in [5.74, 6) is 4.93. The van der Waals surface area contributed by atoms with E-state index in [1.54, 1.807) is 6.92 Å². The Labute approximate surface area is 58.6 Å². The number of hydrazine groups is 1. The van der Waals surface area contributed by atoms with Crippen LogP contribution in [-0.4, -0.2) is 12.2 Å². The Kier molecular flexibility index (Phi) is 1.88. The van der Waals surface area contributed by atoms with E-state index in [0.717, 1.165) is 5.70 Å². The molecule has 0 fully saturated rings. The number of amides is 1. The van der Waals surface area contributed by atoms with Gasteiger partial charge in [-0.15, -0.1) is 0 Å². The van der Waals surface area contributed by atoms with Crippen molar-refractivity contribution in [2.75, 3.05) is 0 Å². The molecule has 0 aromatic carbocycles. The Balaban J connectivity index is 2.60. The van der Waals surface area contributed by atoms with Crippen LogP contribution in [0, 0.1) is 0 Å². The van der Waals surface area contributed by atoms with Crippen LogP contribution in [0.3, 0.4) is 0 Å². The zero-order chi connectivity index (χ0) is 7.56. The Morgan fingerprint density at radius 2 is 2.40 bits per heavy atom. The van der Waals surface area contributed by atoms with Crippen molar-refractivity contribution in [3.8, 4) is 0 Å². The maximum atomic E-state index is 10.7. The fraction of sp³-hybridized carbons (Fsp3) is 0.400. The van der Waals surface area contributed by atoms with Crippen molar-refractivity contribution in [2.45, 2.75) is 13.2 Å². The predicted octanol–water partition coefficient (Wildman–Crippen LogP) is -1.64. The summed E-state index contributed by atoms with van der Waals surface area (Å²) >= 11 is 0. The van der Waals surface area contributed by atoms with E-state index in [2.05, 4.69) is 16.1 Å². The van der Waals surface area contributed by atoms with E-state index >= 15 is 0 Å². The maximum absolute atomic E-state index is 10.7. The highest BCUT2D eigenvalue weighted by molar-refractivity contribution is 5.89. The van der Waals surface area contributed by atoms with Crippen molar-refractivity contribution in [1.29, 1.82) is 0 Å². The molecule has 1 heterocycles. The molecule has 10 heavy (non-hydrogen) atoms. The predicted molar refractivity (Wildman–Crippen MR) is 36.1 cm³/mol. The van der Waals surface area contributed by atoms with E-state index in [0.29, 0.717) is 0 Å². The molecule has 0 bridgehead atoms. The van der Waals surface area contributed by atoms with Gasteiger partial charge in [0.25, 0.3) is 0 Å². The summed E-state index contributed by atoms with van der Waals surface area (Å²) < 4.78 is 0. The number of nitrogens with one attached hydrogen (secondary N) is 3. The molecule has 0 radical (unpaired) electrons. The molecule has 1 atom stereocenters. The van der Waals surface area contributed by atoms with E-state index in [-0.39, 0.29) is 12.2 Å². The lowest BCUT2D eigenvalue weighted by atomic mass is 10.3. The monoisotopic (exact) mass is 142 g/mol. The average Bonchev–Trinajstić information content (AvgIpc) is 1.85. The van der Waals surface area contributed by atoms with Gasteiger partial charge in [-0.25, -0.2) is 5.43 Å². The van der Waals surface area contributed by atoms with Crippen LogP contribution in [0.15, 0.2) is 11.8 Å². The molecule has 5 heteroatoms. The molecule has 1 aliphatic rings. The summed E-state index contributed by atoms with van der Waals surface area (Å²) in [5.41, 5.74) is 3.18. The fourth-order valence-electron chi connectivity index (χ4n) is 0.769. The highest BCUT2D eigenvalue weighted by Gasteiger charge is 2.12. The molecule has 1 unspecified atom stereocenters. The second-order valence-electron chi connectivity index (χ2n) is 2.08. The fourth-order valence-corrected chi connectivity index (χ4v) is 0.769. The summed E-state index contributed by atoms with van der Waals surface area (Å²) in [6, 6.07) is 0. The van der Waals surface area contributed by atoms with E-state index in [4.69, 9.17) is 5.84 Å². The van der Waals surface area contributed by atoms with Crippen LogP contribution in [-0.2, 0) is 4.79 Å². The molecular weight excluding hydrogens is 132 g/mol. The molecule has 1 aliphatic heterocycles. The quantitative estimate of drug-likeness (QED) is 0.261. The van der Waals surface area contributed by atoms with Gasteiger partial charge in [-0.2, -0.15) is 0 Å². The minimum absolute atomic E-state index is 0.140. The largest absolute Gasteiger partial charge is 0.356 e. The lowest BCUT2D eigenvalue weighted by Crippen LogP contribution is -2.58. The van der Waals surface area contributed by atoms with E-state index in [1.807, 2.05) is 0 Å². The van der Waals surface area contributed by atoms with Crippen LogP contribution >= 0.6 is 0 Å². The number of allylic oxidation sites excluding steroid dienone is 1. The van der Waals surface area contributed by atoms with Crippen LogP contribution < -0.4 is 21.9 Å². The van der Waals surface area contributed by atoms with Crippen LogP contribution in [0.1, 0.15) is 6.92 Å². The normalized spacial score (nSPS) is 24.8. The first-order valence-corrected chi connectivity index (χ1v) is 2.94. The Hall–Kier alpha value is -1.07. The molecule has 0 saturated carbocycles. The molecule has 56 valence electrons. The van der Waals surface area contributed by atoms with Gasteiger partial charge in [-0.05, 0) is 6.92 Å². The second-order valence-corrected chi connectivity index (χ2v) is 2.08. The first-order valence-electron chi connectivity index (χ1n) is 2.94. The summed E-state index contributed by atoms with van der Waals surface area (Å²) in [6.45, 7) is 1.79. The first kappa shape index (κ1) is 7.04. The van der Waals surface area contributed by atoms with Gasteiger partial charge in [0, 0.05) is 11.8 Å². The van der Waals surface area contributed by atoms with Crippen molar-refractivity contribution in [3.63, 3.8) is 0 Å². The van der Waals surface area contributed by atoms with Crippen molar-refractivity contribution in [1.82, 2.24) is 16.1 Å². The highest BCUT2D eigenvalue weighted by atomic mass is 16.1. The van der Waals surface area contributed by atoms with Crippen molar-refractivity contribution in [3.05, 3.63) is 11.8 Å². The van der Waals surface area contributed by atoms with Crippen molar-refractivity contribution >= 4 is 5.91 Å². The van der Waals surface area contributed by atoms with Crippen molar-refractivity contribution in [2.24, 2.45) is 5.84 Å². The van der Waals surface area contributed by atoms with E-state index < -0.39 is 0 Å². The second kappa shape index (κ2) is 2.68. The lowest BCUT2D eigenvalue weighted by Gasteiger charge is -2.23. The van der Waals surface area contributed by atoms with E-state index in [9.17, 15) is 4.79 Å². The SMILES string of the molecule is CC1=CC(=O)NC(NN)N1. The minimum atomic E-state index is -0.350. The van der Waals surface area contributed by atoms with Crippen LogP contribution in [0.5, 0.6) is 0 Å². The minimum Gasteiger partial charge on any atom is -0.356 e. The Morgan fingerprint density at radius 3 is 2.90 bits per heavy atom. The Bertz CT molecular complexity index is 176. The van der Waals surface area contributed by atoms with Gasteiger partial charge in [0.1, 0.15) is 0 Å². The van der Waals surface area contributed by atoms with Gasteiger partial charge in [-0.3, -0.25) is 10.6 Å². The molecule has 5 N–H and O–H groups in total. The molecular formula is C5H10N4O. The third-order valence-electron chi connectivity index (χ3n) is 1.17. The van der Waals surface area contributed by atoms with Crippen LogP contribution in [0.25, 0.3) is 0 Å².